The first-order chi connectivity index (χ1) is 13.4. The van der Waals surface area contributed by atoms with Crippen LogP contribution in [-0.4, -0.2) is 36.2 Å². The van der Waals surface area contributed by atoms with E-state index in [-0.39, 0.29) is 17.3 Å². The summed E-state index contributed by atoms with van der Waals surface area (Å²) in [6.07, 6.45) is 6.41. The molecule has 0 spiro atoms. The summed E-state index contributed by atoms with van der Waals surface area (Å²) in [5, 5.41) is 3.37. The number of hydrogen-bond donors (Lipinski definition) is 1. The lowest BCUT2D eigenvalue weighted by molar-refractivity contribution is -0.119. The van der Waals surface area contributed by atoms with E-state index in [1.165, 1.54) is 39.1 Å². The summed E-state index contributed by atoms with van der Waals surface area (Å²) in [5.41, 5.74) is 1.06. The lowest BCUT2D eigenvalue weighted by atomic mass is 10.2. The molecule has 1 aromatic heterocycles. The zero-order valence-electron chi connectivity index (χ0n) is 15.4. The molecule has 6 nitrogen and oxygen atoms in total. The number of nitrogens with one attached hydrogen (secondary N) is 1. The molecule has 1 N–H and O–H groups in total. The molecule has 1 aliphatic carbocycles. The zero-order chi connectivity index (χ0) is 19.7. The highest BCUT2D eigenvalue weighted by atomic mass is 32.2. The molecule has 0 unspecified atom stereocenters. The molecule has 0 bridgehead atoms. The molecule has 2 aliphatic rings. The Labute approximate surface area is 167 Å². The third-order valence-electron chi connectivity index (χ3n) is 5.25. The van der Waals surface area contributed by atoms with Crippen LogP contribution in [0.5, 0.6) is 0 Å². The summed E-state index contributed by atoms with van der Waals surface area (Å²) in [6.45, 7) is 0.270. The Balaban J connectivity index is 1.51. The van der Waals surface area contributed by atoms with Gasteiger partial charge in [-0.05, 0) is 62.8 Å². The molecule has 9 heteroatoms. The number of benzene rings is 1. The van der Waals surface area contributed by atoms with Crippen LogP contribution in [0.1, 0.15) is 42.7 Å². The smallest absolute Gasteiger partial charge is 0.244 e. The van der Waals surface area contributed by atoms with E-state index < -0.39 is 21.9 Å². The first kappa shape index (κ1) is 19.5. The number of hydrogen-bond acceptors (Lipinski definition) is 5. The van der Waals surface area contributed by atoms with Crippen LogP contribution in [0.2, 0.25) is 0 Å². The first-order valence-corrected chi connectivity index (χ1v) is 11.8. The van der Waals surface area contributed by atoms with E-state index in [1.807, 2.05) is 0 Å². The van der Waals surface area contributed by atoms with Crippen molar-refractivity contribution < 1.29 is 17.6 Å². The van der Waals surface area contributed by atoms with Crippen molar-refractivity contribution in [3.63, 3.8) is 0 Å². The summed E-state index contributed by atoms with van der Waals surface area (Å²) in [7, 11) is -3.86. The van der Waals surface area contributed by atoms with E-state index in [0.29, 0.717) is 18.0 Å². The minimum atomic E-state index is -3.86. The van der Waals surface area contributed by atoms with Crippen molar-refractivity contribution in [2.24, 2.45) is 0 Å². The van der Waals surface area contributed by atoms with Crippen molar-refractivity contribution in [1.82, 2.24) is 9.29 Å². The fourth-order valence-corrected chi connectivity index (χ4v) is 6.51. The van der Waals surface area contributed by atoms with E-state index in [9.17, 15) is 17.6 Å². The summed E-state index contributed by atoms with van der Waals surface area (Å²) >= 11 is 1.49. The summed E-state index contributed by atoms with van der Waals surface area (Å²) in [5.74, 6) is -0.856. The molecule has 1 amide bonds. The van der Waals surface area contributed by atoms with Crippen LogP contribution in [0.4, 0.5) is 9.52 Å². The van der Waals surface area contributed by atoms with Crippen LogP contribution in [0.3, 0.4) is 0 Å². The van der Waals surface area contributed by atoms with E-state index in [4.69, 9.17) is 0 Å². The Bertz CT molecular complexity index is 949. The maximum atomic E-state index is 13.1. The third-order valence-corrected chi connectivity index (χ3v) is 8.25. The second-order valence-corrected chi connectivity index (χ2v) is 10.1. The number of aryl methyl sites for hydroxylation is 2. The number of sulfonamides is 1. The van der Waals surface area contributed by atoms with Crippen molar-refractivity contribution >= 4 is 32.4 Å². The number of carbonyl (C=O) groups is 1. The Morgan fingerprint density at radius 1 is 1.14 bits per heavy atom. The standard InChI is InChI=1S/C19H22FN3O3S2/c20-13-8-10-14(11-9-13)28(25,26)23-12-4-6-16(23)18(24)22-19-21-15-5-2-1-3-7-17(15)27-19/h8-11,16H,1-7,12H2,(H,21,22,24)/t16-/m1/s1. The highest BCUT2D eigenvalue weighted by Gasteiger charge is 2.39. The van der Waals surface area contributed by atoms with Gasteiger partial charge in [-0.2, -0.15) is 4.31 Å². The average Bonchev–Trinajstić information content (AvgIpc) is 3.25. The molecule has 1 aliphatic heterocycles. The van der Waals surface area contributed by atoms with Gasteiger partial charge < -0.3 is 5.32 Å². The Morgan fingerprint density at radius 2 is 1.89 bits per heavy atom. The van der Waals surface area contributed by atoms with Crippen molar-refractivity contribution in [3.05, 3.63) is 40.7 Å². The number of nitrogens with zero attached hydrogens (tertiary/aromatic N) is 2. The van der Waals surface area contributed by atoms with Crippen LogP contribution in [-0.2, 0) is 27.7 Å². The summed E-state index contributed by atoms with van der Waals surface area (Å²) in [6, 6.07) is 3.91. The summed E-state index contributed by atoms with van der Waals surface area (Å²) in [4.78, 5) is 18.6. The molecular formula is C19H22FN3O3S2. The summed E-state index contributed by atoms with van der Waals surface area (Å²) < 4.78 is 40.2. The minimum Gasteiger partial charge on any atom is -0.301 e. The molecule has 2 heterocycles. The predicted molar refractivity (Wildman–Crippen MR) is 105 cm³/mol. The van der Waals surface area contributed by atoms with Crippen LogP contribution >= 0.6 is 11.3 Å². The van der Waals surface area contributed by atoms with Crippen molar-refractivity contribution in [2.75, 3.05) is 11.9 Å². The molecule has 150 valence electrons. The van der Waals surface area contributed by atoms with Gasteiger partial charge in [0.25, 0.3) is 0 Å². The monoisotopic (exact) mass is 423 g/mol. The van der Waals surface area contributed by atoms with Gasteiger partial charge in [-0.25, -0.2) is 17.8 Å². The number of thiazole rings is 1. The molecule has 0 radical (unpaired) electrons. The quantitative estimate of drug-likeness (QED) is 0.765. The van der Waals surface area contributed by atoms with Gasteiger partial charge >= 0.3 is 0 Å². The number of anilines is 1. The molecule has 1 aromatic carbocycles. The molecular weight excluding hydrogens is 401 g/mol. The van der Waals surface area contributed by atoms with Crippen LogP contribution in [0, 0.1) is 5.82 Å². The van der Waals surface area contributed by atoms with E-state index in [0.717, 1.165) is 43.5 Å². The van der Waals surface area contributed by atoms with Crippen molar-refractivity contribution in [3.8, 4) is 0 Å². The fourth-order valence-electron chi connectivity index (χ4n) is 3.80. The van der Waals surface area contributed by atoms with Gasteiger partial charge in [-0.15, -0.1) is 11.3 Å². The normalized spacial score (nSPS) is 20.5. The Morgan fingerprint density at radius 3 is 2.68 bits per heavy atom. The van der Waals surface area contributed by atoms with Gasteiger partial charge in [0.15, 0.2) is 5.13 Å². The molecule has 2 aromatic rings. The number of amides is 1. The molecule has 4 rings (SSSR count). The third kappa shape index (κ3) is 3.83. The first-order valence-electron chi connectivity index (χ1n) is 9.52. The number of fused-ring (bicyclic) bond motifs is 1. The molecule has 28 heavy (non-hydrogen) atoms. The number of aromatic nitrogens is 1. The van der Waals surface area contributed by atoms with Crippen molar-refractivity contribution in [2.45, 2.75) is 55.9 Å². The van der Waals surface area contributed by atoms with E-state index in [1.54, 1.807) is 0 Å². The molecule has 1 fully saturated rings. The molecule has 1 saturated heterocycles. The lowest BCUT2D eigenvalue weighted by Crippen LogP contribution is -2.43. The van der Waals surface area contributed by atoms with Gasteiger partial charge in [0.2, 0.25) is 15.9 Å². The van der Waals surface area contributed by atoms with Gasteiger partial charge in [0.1, 0.15) is 11.9 Å². The SMILES string of the molecule is O=C(Nc1nc2c(s1)CCCCC2)[C@H]1CCCN1S(=O)(=O)c1ccc(F)cc1. The van der Waals surface area contributed by atoms with Crippen molar-refractivity contribution in [1.29, 1.82) is 0 Å². The average molecular weight is 424 g/mol. The highest BCUT2D eigenvalue weighted by Crippen LogP contribution is 2.31. The Kier molecular flexibility index (Phi) is 5.48. The van der Waals surface area contributed by atoms with Gasteiger partial charge in [0.05, 0.1) is 10.6 Å². The number of carbonyl (C=O) groups excluding carboxylic acids is 1. The topological polar surface area (TPSA) is 79.4 Å². The van der Waals surface area contributed by atoms with Gasteiger partial charge in [-0.1, -0.05) is 6.42 Å². The molecule has 1 atom stereocenters. The lowest BCUT2D eigenvalue weighted by Gasteiger charge is -2.23. The maximum absolute atomic E-state index is 13.1. The number of halogens is 1. The maximum Gasteiger partial charge on any atom is 0.244 e. The van der Waals surface area contributed by atoms with Crippen LogP contribution in [0.15, 0.2) is 29.2 Å². The second kappa shape index (κ2) is 7.88. The number of rotatable bonds is 4. The van der Waals surface area contributed by atoms with E-state index in [2.05, 4.69) is 10.3 Å². The van der Waals surface area contributed by atoms with Crippen LogP contribution in [0.25, 0.3) is 0 Å². The zero-order valence-corrected chi connectivity index (χ0v) is 17.0. The van der Waals surface area contributed by atoms with Gasteiger partial charge in [0, 0.05) is 11.4 Å². The highest BCUT2D eigenvalue weighted by molar-refractivity contribution is 7.89. The van der Waals surface area contributed by atoms with E-state index >= 15 is 0 Å². The van der Waals surface area contributed by atoms with Crippen LogP contribution < -0.4 is 5.32 Å². The fraction of sp³-hybridized carbons (Fsp3) is 0.474. The largest absolute Gasteiger partial charge is 0.301 e. The van der Waals surface area contributed by atoms with Gasteiger partial charge in [-0.3, -0.25) is 4.79 Å². The second-order valence-electron chi connectivity index (χ2n) is 7.17. The predicted octanol–water partition coefficient (Wildman–Crippen LogP) is 3.34. The minimum absolute atomic E-state index is 0.00503. The Hall–Kier alpha value is -1.84. The molecule has 0 saturated carbocycles.